The molecule has 1 aromatic carbocycles. The number of aliphatic hydroxyl groups is 1. The molecule has 1 rings (SSSR count). The van der Waals surface area contributed by atoms with Crippen molar-refractivity contribution in [1.82, 2.24) is 4.90 Å². The molecule has 0 aliphatic carbocycles. The quantitative estimate of drug-likeness (QED) is 0.623. The van der Waals surface area contributed by atoms with Gasteiger partial charge in [-0.05, 0) is 31.9 Å². The van der Waals surface area contributed by atoms with Gasteiger partial charge in [-0.15, -0.1) is 0 Å². The molecule has 1 amide bonds. The summed E-state index contributed by atoms with van der Waals surface area (Å²) in [5.74, 6) is -0.243. The van der Waals surface area contributed by atoms with Gasteiger partial charge in [-0.3, -0.25) is 4.79 Å². The zero-order valence-electron chi connectivity index (χ0n) is 11.3. The second kappa shape index (κ2) is 7.89. The summed E-state index contributed by atoms with van der Waals surface area (Å²) < 4.78 is 0. The molecular formula is C14H23N3O2. The van der Waals surface area contributed by atoms with Crippen LogP contribution in [-0.4, -0.2) is 34.7 Å². The van der Waals surface area contributed by atoms with Gasteiger partial charge in [0.25, 0.3) is 0 Å². The van der Waals surface area contributed by atoms with Gasteiger partial charge in [-0.1, -0.05) is 30.3 Å². The van der Waals surface area contributed by atoms with E-state index in [2.05, 4.69) is 0 Å². The van der Waals surface area contributed by atoms with E-state index in [1.54, 1.807) is 6.92 Å². The fourth-order valence-corrected chi connectivity index (χ4v) is 1.85. The largest absolute Gasteiger partial charge is 0.374 e. The van der Waals surface area contributed by atoms with E-state index in [1.807, 2.05) is 30.3 Å². The van der Waals surface area contributed by atoms with Crippen molar-refractivity contribution < 1.29 is 9.90 Å². The minimum absolute atomic E-state index is 0.243. The van der Waals surface area contributed by atoms with Crippen LogP contribution >= 0.6 is 0 Å². The topological polar surface area (TPSA) is 92.6 Å². The molecule has 0 bridgehead atoms. The maximum Gasteiger partial charge on any atom is 0.241 e. The highest BCUT2D eigenvalue weighted by Crippen LogP contribution is 2.10. The van der Waals surface area contributed by atoms with Gasteiger partial charge < -0.3 is 21.5 Å². The first kappa shape index (κ1) is 15.6. The van der Waals surface area contributed by atoms with Crippen LogP contribution in [0.5, 0.6) is 0 Å². The van der Waals surface area contributed by atoms with Crippen molar-refractivity contribution in [2.75, 3.05) is 6.54 Å². The Bertz CT molecular complexity index is 382. The van der Waals surface area contributed by atoms with Gasteiger partial charge in [0.2, 0.25) is 5.91 Å². The van der Waals surface area contributed by atoms with E-state index in [0.717, 1.165) is 5.56 Å². The van der Waals surface area contributed by atoms with E-state index in [9.17, 15) is 9.90 Å². The highest BCUT2D eigenvalue weighted by molar-refractivity contribution is 5.81. The Morgan fingerprint density at radius 2 is 2.00 bits per heavy atom. The minimum Gasteiger partial charge on any atom is -0.374 e. The Balaban J connectivity index is 2.69. The number of hydrogen-bond donors (Lipinski definition) is 3. The highest BCUT2D eigenvalue weighted by Gasteiger charge is 2.23. The van der Waals surface area contributed by atoms with Crippen LogP contribution in [0.25, 0.3) is 0 Å². The second-order valence-electron chi connectivity index (χ2n) is 4.62. The van der Waals surface area contributed by atoms with Gasteiger partial charge in [0, 0.05) is 6.54 Å². The lowest BCUT2D eigenvalue weighted by atomic mass is 10.1. The fourth-order valence-electron chi connectivity index (χ4n) is 1.85. The van der Waals surface area contributed by atoms with Gasteiger partial charge in [-0.2, -0.15) is 0 Å². The van der Waals surface area contributed by atoms with E-state index in [1.165, 1.54) is 4.90 Å². The van der Waals surface area contributed by atoms with Crippen LogP contribution in [0.1, 0.15) is 25.3 Å². The molecule has 0 saturated heterocycles. The Kier molecular flexibility index (Phi) is 6.49. The van der Waals surface area contributed by atoms with Crippen LogP contribution in [0, 0.1) is 0 Å². The standard InChI is InChI=1S/C14H23N3O2/c1-11(18)17(10-12-6-3-2-4-7-12)14(19)13(16)8-5-9-15/h2-4,6-7,11,13,18H,5,8-10,15-16H2,1H3/t11?,13-/m0/s1. The summed E-state index contributed by atoms with van der Waals surface area (Å²) in [4.78, 5) is 13.6. The SMILES string of the molecule is CC(O)N(Cc1ccccc1)C(=O)[C@@H](N)CCCN. The van der Waals surface area contributed by atoms with Crippen LogP contribution in [0.15, 0.2) is 30.3 Å². The zero-order chi connectivity index (χ0) is 14.3. The van der Waals surface area contributed by atoms with Crippen molar-refractivity contribution >= 4 is 5.91 Å². The minimum atomic E-state index is -0.864. The lowest BCUT2D eigenvalue weighted by Gasteiger charge is -2.28. The molecule has 0 radical (unpaired) electrons. The molecular weight excluding hydrogens is 242 g/mol. The number of carbonyl (C=O) groups is 1. The molecule has 5 nitrogen and oxygen atoms in total. The number of rotatable bonds is 7. The van der Waals surface area contributed by atoms with E-state index < -0.39 is 12.3 Å². The Morgan fingerprint density at radius 1 is 1.37 bits per heavy atom. The van der Waals surface area contributed by atoms with Crippen molar-refractivity contribution in [3.05, 3.63) is 35.9 Å². The zero-order valence-corrected chi connectivity index (χ0v) is 11.3. The maximum absolute atomic E-state index is 12.2. The molecule has 0 aromatic heterocycles. The normalized spacial score (nSPS) is 13.9. The number of nitrogens with two attached hydrogens (primary N) is 2. The van der Waals surface area contributed by atoms with E-state index in [0.29, 0.717) is 25.9 Å². The number of hydrogen-bond acceptors (Lipinski definition) is 4. The van der Waals surface area contributed by atoms with Gasteiger partial charge in [-0.25, -0.2) is 0 Å². The molecule has 2 atom stereocenters. The summed E-state index contributed by atoms with van der Waals surface area (Å²) >= 11 is 0. The third kappa shape index (κ3) is 4.98. The summed E-state index contributed by atoms with van der Waals surface area (Å²) in [6, 6.07) is 8.91. The third-order valence-corrected chi connectivity index (χ3v) is 2.97. The van der Waals surface area contributed by atoms with Gasteiger partial charge in [0.05, 0.1) is 6.04 Å². The summed E-state index contributed by atoms with van der Waals surface area (Å²) in [5, 5.41) is 9.74. The predicted octanol–water partition coefficient (Wildman–Crippen LogP) is 0.420. The monoisotopic (exact) mass is 265 g/mol. The van der Waals surface area contributed by atoms with Crippen molar-refractivity contribution in [1.29, 1.82) is 0 Å². The fraction of sp³-hybridized carbons (Fsp3) is 0.500. The van der Waals surface area contributed by atoms with Gasteiger partial charge in [0.15, 0.2) is 0 Å². The highest BCUT2D eigenvalue weighted by atomic mass is 16.3. The first-order chi connectivity index (χ1) is 9.06. The van der Waals surface area contributed by atoms with Crippen LogP contribution in [0.4, 0.5) is 0 Å². The summed E-state index contributed by atoms with van der Waals surface area (Å²) in [6.07, 6.45) is 0.371. The molecule has 0 heterocycles. The average Bonchev–Trinajstić information content (AvgIpc) is 2.42. The molecule has 0 saturated carbocycles. The van der Waals surface area contributed by atoms with E-state index in [4.69, 9.17) is 11.5 Å². The summed E-state index contributed by atoms with van der Waals surface area (Å²) in [7, 11) is 0. The molecule has 1 unspecified atom stereocenters. The van der Waals surface area contributed by atoms with Crippen LogP contribution in [-0.2, 0) is 11.3 Å². The molecule has 1 aromatic rings. The first-order valence-electron chi connectivity index (χ1n) is 6.54. The van der Waals surface area contributed by atoms with Gasteiger partial charge in [0.1, 0.15) is 6.23 Å². The molecule has 5 N–H and O–H groups in total. The summed E-state index contributed by atoms with van der Waals surface area (Å²) in [5.41, 5.74) is 12.2. The Hall–Kier alpha value is -1.43. The molecule has 0 spiro atoms. The molecule has 5 heteroatoms. The Labute approximate surface area is 114 Å². The third-order valence-electron chi connectivity index (χ3n) is 2.97. The van der Waals surface area contributed by atoms with Crippen molar-refractivity contribution in [3.63, 3.8) is 0 Å². The number of nitrogens with zero attached hydrogens (tertiary/aromatic N) is 1. The lowest BCUT2D eigenvalue weighted by Crippen LogP contribution is -2.47. The summed E-state index contributed by atoms with van der Waals surface area (Å²) in [6.45, 7) is 2.43. The molecule has 19 heavy (non-hydrogen) atoms. The van der Waals surface area contributed by atoms with Gasteiger partial charge >= 0.3 is 0 Å². The van der Waals surface area contributed by atoms with Crippen LogP contribution in [0.3, 0.4) is 0 Å². The van der Waals surface area contributed by atoms with Crippen LogP contribution < -0.4 is 11.5 Å². The lowest BCUT2D eigenvalue weighted by molar-refractivity contribution is -0.142. The first-order valence-corrected chi connectivity index (χ1v) is 6.54. The number of carbonyl (C=O) groups excluding carboxylic acids is 1. The van der Waals surface area contributed by atoms with Crippen molar-refractivity contribution in [2.24, 2.45) is 11.5 Å². The molecule has 0 aliphatic heterocycles. The second-order valence-corrected chi connectivity index (χ2v) is 4.62. The Morgan fingerprint density at radius 3 is 2.53 bits per heavy atom. The average molecular weight is 265 g/mol. The van der Waals surface area contributed by atoms with Crippen LogP contribution in [0.2, 0.25) is 0 Å². The number of aliphatic hydroxyl groups excluding tert-OH is 1. The molecule has 106 valence electrons. The van der Waals surface area contributed by atoms with Crippen molar-refractivity contribution in [2.45, 2.75) is 38.6 Å². The van der Waals surface area contributed by atoms with E-state index in [-0.39, 0.29) is 5.91 Å². The predicted molar refractivity (Wildman–Crippen MR) is 74.9 cm³/mol. The molecule has 0 fully saturated rings. The number of amides is 1. The smallest absolute Gasteiger partial charge is 0.241 e. The van der Waals surface area contributed by atoms with E-state index >= 15 is 0 Å². The number of benzene rings is 1. The maximum atomic E-state index is 12.2. The van der Waals surface area contributed by atoms with Crippen molar-refractivity contribution in [3.8, 4) is 0 Å². The molecule has 0 aliphatic rings.